The predicted octanol–water partition coefficient (Wildman–Crippen LogP) is 4.46. The van der Waals surface area contributed by atoms with Crippen LogP contribution in [0.15, 0.2) is 54.6 Å². The van der Waals surface area contributed by atoms with E-state index < -0.39 is 0 Å². The maximum atomic E-state index is 13.3. The summed E-state index contributed by atoms with van der Waals surface area (Å²) in [5.74, 6) is -0.250. The lowest BCUT2D eigenvalue weighted by Crippen LogP contribution is -2.42. The Morgan fingerprint density at radius 3 is 2.75 bits per heavy atom. The lowest BCUT2D eigenvalue weighted by atomic mass is 9.97. The van der Waals surface area contributed by atoms with E-state index in [4.69, 9.17) is 4.98 Å². The maximum absolute atomic E-state index is 13.3. The van der Waals surface area contributed by atoms with E-state index in [-0.39, 0.29) is 17.6 Å². The summed E-state index contributed by atoms with van der Waals surface area (Å²) < 4.78 is 16.1. The third kappa shape index (κ3) is 4.10. The smallest absolute Gasteiger partial charge is 0.225 e. The van der Waals surface area contributed by atoms with Gasteiger partial charge in [-0.2, -0.15) is 10.1 Å². The SMILES string of the molecule is Cc1nn(-c2ccc(F)cc2)c2nc(N3CCC[C@H](C(=O)NCc4ccccc4)C3)sc12. The first-order chi connectivity index (χ1) is 15.6. The van der Waals surface area contributed by atoms with Gasteiger partial charge in [0.1, 0.15) is 5.82 Å². The van der Waals surface area contributed by atoms with Crippen LogP contribution < -0.4 is 10.2 Å². The van der Waals surface area contributed by atoms with E-state index in [2.05, 4.69) is 15.3 Å². The number of hydrogen-bond donors (Lipinski definition) is 1. The van der Waals surface area contributed by atoms with Crippen LogP contribution in [0.25, 0.3) is 16.0 Å². The van der Waals surface area contributed by atoms with E-state index in [0.717, 1.165) is 51.8 Å². The van der Waals surface area contributed by atoms with Crippen molar-refractivity contribution in [3.63, 3.8) is 0 Å². The van der Waals surface area contributed by atoms with Gasteiger partial charge in [-0.05, 0) is 49.6 Å². The molecule has 164 valence electrons. The van der Waals surface area contributed by atoms with Crippen molar-refractivity contribution in [3.05, 3.63) is 71.7 Å². The first kappa shape index (κ1) is 20.6. The standard InChI is InChI=1S/C24H24FN5OS/c1-16-21-22(30(28-16)20-11-9-19(25)10-12-20)27-24(32-21)29-13-5-8-18(15-29)23(31)26-14-17-6-3-2-4-7-17/h2-4,6-7,9-12,18H,5,8,13-15H2,1H3,(H,26,31)/t18-/m0/s1. The summed E-state index contributed by atoms with van der Waals surface area (Å²) >= 11 is 1.60. The molecule has 1 amide bonds. The molecule has 2 aromatic carbocycles. The zero-order chi connectivity index (χ0) is 22.1. The van der Waals surface area contributed by atoms with Crippen LogP contribution in [0.4, 0.5) is 9.52 Å². The lowest BCUT2D eigenvalue weighted by molar-refractivity contribution is -0.125. The third-order valence-electron chi connectivity index (χ3n) is 5.82. The van der Waals surface area contributed by atoms with E-state index in [1.165, 1.54) is 12.1 Å². The summed E-state index contributed by atoms with van der Waals surface area (Å²) in [6.45, 7) is 4.03. The summed E-state index contributed by atoms with van der Waals surface area (Å²) in [7, 11) is 0. The number of carbonyl (C=O) groups is 1. The van der Waals surface area contributed by atoms with E-state index in [0.29, 0.717) is 13.1 Å². The van der Waals surface area contributed by atoms with Crippen LogP contribution in [0.3, 0.4) is 0 Å². The van der Waals surface area contributed by atoms with E-state index in [1.54, 1.807) is 28.2 Å². The van der Waals surface area contributed by atoms with Crippen LogP contribution in [-0.2, 0) is 11.3 Å². The molecule has 0 bridgehead atoms. The average molecular weight is 450 g/mol. The highest BCUT2D eigenvalue weighted by Gasteiger charge is 2.28. The summed E-state index contributed by atoms with van der Waals surface area (Å²) in [4.78, 5) is 19.9. The average Bonchev–Trinajstić information content (AvgIpc) is 3.39. The summed E-state index contributed by atoms with van der Waals surface area (Å²) in [6, 6.07) is 16.2. The Labute approximate surface area is 189 Å². The molecule has 1 aliphatic rings. The van der Waals surface area contributed by atoms with Crippen molar-refractivity contribution in [3.8, 4) is 5.69 Å². The highest BCUT2D eigenvalue weighted by atomic mass is 32.1. The Bertz CT molecular complexity index is 1230. The van der Waals surface area contributed by atoms with Crippen molar-refractivity contribution >= 4 is 32.7 Å². The second-order valence-corrected chi connectivity index (χ2v) is 9.09. The monoisotopic (exact) mass is 449 g/mol. The van der Waals surface area contributed by atoms with Crippen molar-refractivity contribution in [1.82, 2.24) is 20.1 Å². The van der Waals surface area contributed by atoms with Crippen molar-refractivity contribution in [2.75, 3.05) is 18.0 Å². The number of nitrogens with one attached hydrogen (secondary N) is 1. The molecule has 3 heterocycles. The fourth-order valence-corrected chi connectivity index (χ4v) is 5.14. The van der Waals surface area contributed by atoms with Crippen LogP contribution in [0.1, 0.15) is 24.1 Å². The zero-order valence-corrected chi connectivity index (χ0v) is 18.6. The second kappa shape index (κ2) is 8.70. The van der Waals surface area contributed by atoms with Gasteiger partial charge in [-0.1, -0.05) is 41.7 Å². The van der Waals surface area contributed by atoms with Gasteiger partial charge in [0.2, 0.25) is 5.91 Å². The normalized spacial score (nSPS) is 16.4. The van der Waals surface area contributed by atoms with Crippen molar-refractivity contribution in [2.45, 2.75) is 26.3 Å². The van der Waals surface area contributed by atoms with Gasteiger partial charge < -0.3 is 10.2 Å². The molecule has 32 heavy (non-hydrogen) atoms. The predicted molar refractivity (Wildman–Crippen MR) is 125 cm³/mol. The van der Waals surface area contributed by atoms with Gasteiger partial charge in [-0.3, -0.25) is 4.79 Å². The number of aryl methyl sites for hydroxylation is 1. The Kier molecular flexibility index (Phi) is 5.61. The lowest BCUT2D eigenvalue weighted by Gasteiger charge is -2.31. The molecule has 6 nitrogen and oxygen atoms in total. The summed E-state index contributed by atoms with van der Waals surface area (Å²) in [5.41, 5.74) is 3.53. The Morgan fingerprint density at radius 2 is 1.97 bits per heavy atom. The minimum absolute atomic E-state index is 0.0610. The van der Waals surface area contributed by atoms with Crippen LogP contribution in [0, 0.1) is 18.7 Å². The number of rotatable bonds is 5. The number of thiazole rings is 1. The fourth-order valence-electron chi connectivity index (χ4n) is 4.11. The minimum Gasteiger partial charge on any atom is -0.352 e. The van der Waals surface area contributed by atoms with Gasteiger partial charge in [0.25, 0.3) is 0 Å². The number of halogens is 1. The number of anilines is 1. The Morgan fingerprint density at radius 1 is 1.19 bits per heavy atom. The number of carbonyl (C=O) groups excluding carboxylic acids is 1. The number of aromatic nitrogens is 3. The molecule has 5 rings (SSSR count). The fraction of sp³-hybridized carbons (Fsp3) is 0.292. The molecule has 1 saturated heterocycles. The van der Waals surface area contributed by atoms with Gasteiger partial charge in [0.15, 0.2) is 10.8 Å². The molecule has 2 aromatic heterocycles. The van der Waals surface area contributed by atoms with Crippen molar-refractivity contribution < 1.29 is 9.18 Å². The Hall–Kier alpha value is -3.26. The molecule has 8 heteroatoms. The first-order valence-corrected chi connectivity index (χ1v) is 11.6. The van der Waals surface area contributed by atoms with Crippen LogP contribution in [0.5, 0.6) is 0 Å². The molecule has 1 aliphatic heterocycles. The van der Waals surface area contributed by atoms with E-state index >= 15 is 0 Å². The summed E-state index contributed by atoms with van der Waals surface area (Å²) in [5, 5.41) is 8.57. The second-order valence-electron chi connectivity index (χ2n) is 8.11. The van der Waals surface area contributed by atoms with Crippen LogP contribution in [-0.4, -0.2) is 33.8 Å². The molecule has 0 unspecified atom stereocenters. The molecule has 0 saturated carbocycles. The molecule has 0 spiro atoms. The molecule has 1 N–H and O–H groups in total. The number of benzene rings is 2. The van der Waals surface area contributed by atoms with Crippen molar-refractivity contribution in [1.29, 1.82) is 0 Å². The van der Waals surface area contributed by atoms with Crippen molar-refractivity contribution in [2.24, 2.45) is 5.92 Å². The molecule has 4 aromatic rings. The molecule has 0 aliphatic carbocycles. The number of hydrogen-bond acceptors (Lipinski definition) is 5. The van der Waals surface area contributed by atoms with Crippen LogP contribution in [0.2, 0.25) is 0 Å². The maximum Gasteiger partial charge on any atom is 0.225 e. The molecule has 1 fully saturated rings. The molecular formula is C24H24FN5OS. The number of nitrogens with zero attached hydrogens (tertiary/aromatic N) is 4. The van der Waals surface area contributed by atoms with Gasteiger partial charge in [0, 0.05) is 19.6 Å². The topological polar surface area (TPSA) is 63.1 Å². The highest BCUT2D eigenvalue weighted by molar-refractivity contribution is 7.22. The molecule has 1 atom stereocenters. The minimum atomic E-state index is -0.280. The molecule has 0 radical (unpaired) electrons. The zero-order valence-electron chi connectivity index (χ0n) is 17.8. The van der Waals surface area contributed by atoms with Gasteiger partial charge in [0.05, 0.1) is 22.0 Å². The highest BCUT2D eigenvalue weighted by Crippen LogP contribution is 2.34. The first-order valence-electron chi connectivity index (χ1n) is 10.8. The third-order valence-corrected chi connectivity index (χ3v) is 7.03. The van der Waals surface area contributed by atoms with E-state index in [1.807, 2.05) is 37.3 Å². The van der Waals surface area contributed by atoms with Gasteiger partial charge >= 0.3 is 0 Å². The van der Waals surface area contributed by atoms with Gasteiger partial charge in [-0.25, -0.2) is 9.07 Å². The van der Waals surface area contributed by atoms with E-state index in [9.17, 15) is 9.18 Å². The summed E-state index contributed by atoms with van der Waals surface area (Å²) in [6.07, 6.45) is 1.83. The molecular weight excluding hydrogens is 425 g/mol. The number of piperidine rings is 1. The number of amides is 1. The quantitative estimate of drug-likeness (QED) is 0.489. The van der Waals surface area contributed by atoms with Crippen LogP contribution >= 0.6 is 11.3 Å². The van der Waals surface area contributed by atoms with Gasteiger partial charge in [-0.15, -0.1) is 0 Å². The Balaban J connectivity index is 1.33. The largest absolute Gasteiger partial charge is 0.352 e. The number of fused-ring (bicyclic) bond motifs is 1.